The lowest BCUT2D eigenvalue weighted by atomic mass is 10.3. The Morgan fingerprint density at radius 2 is 1.94 bits per heavy atom. The smallest absolute Gasteiger partial charge is 0.262 e. The summed E-state index contributed by atoms with van der Waals surface area (Å²) in [5.74, 6) is -0.246. The van der Waals surface area contributed by atoms with Crippen LogP contribution in [0.3, 0.4) is 0 Å². The number of rotatable bonds is 6. The van der Waals surface area contributed by atoms with Gasteiger partial charge < -0.3 is 10.5 Å². The monoisotopic (exact) mass is 260 g/mol. The van der Waals surface area contributed by atoms with Gasteiger partial charge in [-0.25, -0.2) is 8.42 Å². The van der Waals surface area contributed by atoms with Gasteiger partial charge >= 0.3 is 0 Å². The van der Waals surface area contributed by atoms with Gasteiger partial charge in [0.2, 0.25) is 5.91 Å². The maximum atomic E-state index is 11.6. The minimum absolute atomic E-state index is 0.0113. The molecule has 1 aromatic carbocycles. The summed E-state index contributed by atoms with van der Waals surface area (Å²) < 4.78 is 28.1. The van der Waals surface area contributed by atoms with Crippen molar-refractivity contribution >= 4 is 15.9 Å². The van der Waals surface area contributed by atoms with Gasteiger partial charge in [0.05, 0.1) is 12.0 Å². The average molecular weight is 260 g/mol. The van der Waals surface area contributed by atoms with E-state index < -0.39 is 22.5 Å². The van der Waals surface area contributed by atoms with Crippen LogP contribution in [0, 0.1) is 0 Å². The molecule has 0 aliphatic rings. The highest BCUT2D eigenvalue weighted by Gasteiger charge is 2.14. The quantitative estimate of drug-likeness (QED) is 0.663. The van der Waals surface area contributed by atoms with Gasteiger partial charge in [-0.3, -0.25) is 9.63 Å². The standard InChI is InChI=1S/C9H12N2O5S/c1-15-7-2-4-8(5-3-7)17(13,14)11-16-6-9(10)12/h2-5,11H,6H2,1H3,(H2,10,12). The maximum Gasteiger partial charge on any atom is 0.262 e. The fourth-order valence-corrected chi connectivity index (χ4v) is 1.79. The fraction of sp³-hybridized carbons (Fsp3) is 0.222. The Morgan fingerprint density at radius 3 is 2.41 bits per heavy atom. The molecule has 0 spiro atoms. The van der Waals surface area contributed by atoms with Crippen LogP contribution in [0.1, 0.15) is 0 Å². The number of hydrogen-bond acceptors (Lipinski definition) is 5. The average Bonchev–Trinajstić information content (AvgIpc) is 2.28. The Morgan fingerprint density at radius 1 is 1.35 bits per heavy atom. The van der Waals surface area contributed by atoms with E-state index in [1.807, 2.05) is 0 Å². The molecule has 94 valence electrons. The molecule has 0 saturated carbocycles. The first-order valence-corrected chi connectivity index (χ1v) is 6.00. The van der Waals surface area contributed by atoms with E-state index in [2.05, 4.69) is 4.84 Å². The number of nitrogens with two attached hydrogens (primary N) is 1. The number of ether oxygens (including phenoxy) is 1. The number of nitrogens with one attached hydrogen (secondary N) is 1. The lowest BCUT2D eigenvalue weighted by molar-refractivity contribution is -0.123. The molecule has 1 rings (SSSR count). The van der Waals surface area contributed by atoms with E-state index in [-0.39, 0.29) is 4.90 Å². The van der Waals surface area contributed by atoms with Gasteiger partial charge in [-0.2, -0.15) is 0 Å². The summed E-state index contributed by atoms with van der Waals surface area (Å²) in [6.07, 6.45) is 0. The van der Waals surface area contributed by atoms with Crippen LogP contribution in [0.5, 0.6) is 5.75 Å². The molecule has 0 heterocycles. The molecular weight excluding hydrogens is 248 g/mol. The van der Waals surface area contributed by atoms with Crippen LogP contribution >= 0.6 is 0 Å². The molecule has 0 saturated heterocycles. The van der Waals surface area contributed by atoms with Crippen molar-refractivity contribution in [2.24, 2.45) is 5.73 Å². The van der Waals surface area contributed by atoms with Crippen molar-refractivity contribution in [3.8, 4) is 5.75 Å². The van der Waals surface area contributed by atoms with E-state index in [9.17, 15) is 13.2 Å². The SMILES string of the molecule is COc1ccc(S(=O)(=O)NOCC(N)=O)cc1. The zero-order valence-electron chi connectivity index (χ0n) is 9.04. The number of methoxy groups -OCH3 is 1. The molecule has 8 heteroatoms. The Balaban J connectivity index is 2.72. The lowest BCUT2D eigenvalue weighted by Crippen LogP contribution is -2.29. The fourth-order valence-electron chi connectivity index (χ4n) is 0.981. The summed E-state index contributed by atoms with van der Waals surface area (Å²) in [4.78, 5) is 16.5. The van der Waals surface area contributed by atoms with Crippen LogP contribution in [0.15, 0.2) is 29.2 Å². The molecular formula is C9H12N2O5S. The van der Waals surface area contributed by atoms with Crippen molar-refractivity contribution in [1.29, 1.82) is 0 Å². The zero-order valence-corrected chi connectivity index (χ0v) is 9.86. The number of primary amides is 1. The largest absolute Gasteiger partial charge is 0.497 e. The van der Waals surface area contributed by atoms with Crippen LogP contribution < -0.4 is 15.4 Å². The second-order valence-corrected chi connectivity index (χ2v) is 4.66. The van der Waals surface area contributed by atoms with Gasteiger partial charge in [-0.1, -0.05) is 4.89 Å². The van der Waals surface area contributed by atoms with E-state index in [4.69, 9.17) is 10.5 Å². The number of amides is 1. The topological polar surface area (TPSA) is 108 Å². The second kappa shape index (κ2) is 5.62. The molecule has 1 aromatic rings. The minimum atomic E-state index is -3.82. The molecule has 3 N–H and O–H groups in total. The van der Waals surface area contributed by atoms with Crippen LogP contribution in [0.4, 0.5) is 0 Å². The summed E-state index contributed by atoms with van der Waals surface area (Å²) in [5.41, 5.74) is 4.78. The predicted molar refractivity (Wildman–Crippen MR) is 58.5 cm³/mol. The molecule has 7 nitrogen and oxygen atoms in total. The van der Waals surface area contributed by atoms with Crippen molar-refractivity contribution in [2.45, 2.75) is 4.90 Å². The molecule has 0 aromatic heterocycles. The van der Waals surface area contributed by atoms with E-state index in [1.54, 1.807) is 4.89 Å². The van der Waals surface area contributed by atoms with Crippen LogP contribution in [0.25, 0.3) is 0 Å². The van der Waals surface area contributed by atoms with Crippen LogP contribution in [0.2, 0.25) is 0 Å². The maximum absolute atomic E-state index is 11.6. The van der Waals surface area contributed by atoms with Gasteiger partial charge in [0, 0.05) is 0 Å². The minimum Gasteiger partial charge on any atom is -0.497 e. The third-order valence-electron chi connectivity index (χ3n) is 1.75. The summed E-state index contributed by atoms with van der Waals surface area (Å²) in [6, 6.07) is 5.66. The predicted octanol–water partition coefficient (Wildman–Crippen LogP) is -0.610. The Kier molecular flexibility index (Phi) is 4.44. The first-order chi connectivity index (χ1) is 7.95. The van der Waals surface area contributed by atoms with Crippen LogP contribution in [-0.4, -0.2) is 28.0 Å². The van der Waals surface area contributed by atoms with Crippen molar-refractivity contribution in [3.63, 3.8) is 0 Å². The number of benzene rings is 1. The molecule has 0 atom stereocenters. The number of carbonyl (C=O) groups is 1. The molecule has 0 bridgehead atoms. The normalized spacial score (nSPS) is 11.1. The lowest BCUT2D eigenvalue weighted by Gasteiger charge is -2.06. The Hall–Kier alpha value is -1.64. The third-order valence-corrected chi connectivity index (χ3v) is 2.98. The van der Waals surface area contributed by atoms with Gasteiger partial charge in [0.1, 0.15) is 12.4 Å². The molecule has 0 unspecified atom stereocenters. The summed E-state index contributed by atoms with van der Waals surface area (Å²) in [6.45, 7) is -0.532. The van der Waals surface area contributed by atoms with E-state index in [0.717, 1.165) is 0 Å². The highest BCUT2D eigenvalue weighted by Crippen LogP contribution is 2.14. The number of sulfonamides is 1. The Labute approximate surface area is 98.5 Å². The summed E-state index contributed by atoms with van der Waals surface area (Å²) in [5, 5.41) is 0. The summed E-state index contributed by atoms with van der Waals surface area (Å²) >= 11 is 0. The molecule has 1 amide bonds. The van der Waals surface area contributed by atoms with Gasteiger partial charge in [0.15, 0.2) is 0 Å². The van der Waals surface area contributed by atoms with E-state index in [0.29, 0.717) is 5.75 Å². The molecule has 0 fully saturated rings. The molecule has 0 aliphatic carbocycles. The van der Waals surface area contributed by atoms with Crippen LogP contribution in [-0.2, 0) is 19.7 Å². The molecule has 0 radical (unpaired) electrons. The first kappa shape index (κ1) is 13.4. The first-order valence-electron chi connectivity index (χ1n) is 4.51. The van der Waals surface area contributed by atoms with Crippen molar-refractivity contribution in [2.75, 3.05) is 13.7 Å². The Bertz CT molecular complexity index is 483. The van der Waals surface area contributed by atoms with Crippen molar-refractivity contribution < 1.29 is 22.8 Å². The number of carbonyl (C=O) groups excluding carboxylic acids is 1. The van der Waals surface area contributed by atoms with E-state index >= 15 is 0 Å². The van der Waals surface area contributed by atoms with Gasteiger partial charge in [0.25, 0.3) is 10.0 Å². The zero-order chi connectivity index (χ0) is 12.9. The highest BCUT2D eigenvalue weighted by molar-refractivity contribution is 7.89. The van der Waals surface area contributed by atoms with Crippen molar-refractivity contribution in [3.05, 3.63) is 24.3 Å². The van der Waals surface area contributed by atoms with Crippen molar-refractivity contribution in [1.82, 2.24) is 4.89 Å². The third kappa shape index (κ3) is 4.02. The van der Waals surface area contributed by atoms with E-state index in [1.165, 1.54) is 31.4 Å². The summed E-state index contributed by atoms with van der Waals surface area (Å²) in [7, 11) is -2.35. The molecule has 17 heavy (non-hydrogen) atoms. The number of hydrogen-bond donors (Lipinski definition) is 2. The molecule has 0 aliphatic heterocycles. The second-order valence-electron chi connectivity index (χ2n) is 3.02. The highest BCUT2D eigenvalue weighted by atomic mass is 32.2. The van der Waals surface area contributed by atoms with Gasteiger partial charge in [-0.05, 0) is 24.3 Å². The van der Waals surface area contributed by atoms with Gasteiger partial charge in [-0.15, -0.1) is 0 Å².